The molecule has 0 heterocycles. The molecule has 0 spiro atoms. The minimum atomic E-state index is 0.642. The highest BCUT2D eigenvalue weighted by molar-refractivity contribution is 5.49. The van der Waals surface area contributed by atoms with E-state index in [1.54, 1.807) is 0 Å². The Hall–Kier alpha value is -1.11. The summed E-state index contributed by atoms with van der Waals surface area (Å²) in [7, 11) is 0. The standard InChI is InChI=1S/C12H18O/c1-2-3-4-5-6-7-8-9-10-11-12-13/h2,4-5,8-9,12H,1,3,6-7,10-11H2/b5-4-,9-8-. The van der Waals surface area contributed by atoms with Crippen LogP contribution in [-0.2, 0) is 4.79 Å². The van der Waals surface area contributed by atoms with E-state index in [-0.39, 0.29) is 0 Å². The first-order valence-corrected chi connectivity index (χ1v) is 4.76. The van der Waals surface area contributed by atoms with Gasteiger partial charge in [0.15, 0.2) is 0 Å². The number of carbonyl (C=O) groups is 1. The highest BCUT2D eigenvalue weighted by atomic mass is 16.1. The third-order valence-corrected chi connectivity index (χ3v) is 1.59. The molecule has 0 bridgehead atoms. The van der Waals surface area contributed by atoms with E-state index >= 15 is 0 Å². The van der Waals surface area contributed by atoms with Gasteiger partial charge in [0.2, 0.25) is 0 Å². The molecule has 0 aliphatic rings. The Morgan fingerprint density at radius 3 is 1.92 bits per heavy atom. The van der Waals surface area contributed by atoms with Gasteiger partial charge in [-0.2, -0.15) is 0 Å². The molecule has 0 aliphatic carbocycles. The van der Waals surface area contributed by atoms with Crippen LogP contribution in [0.5, 0.6) is 0 Å². The van der Waals surface area contributed by atoms with Gasteiger partial charge in [0.1, 0.15) is 6.29 Å². The molecule has 0 saturated heterocycles. The van der Waals surface area contributed by atoms with Crippen molar-refractivity contribution in [1.29, 1.82) is 0 Å². The summed E-state index contributed by atoms with van der Waals surface area (Å²) in [6.07, 6.45) is 15.9. The van der Waals surface area contributed by atoms with Crippen molar-refractivity contribution in [3.05, 3.63) is 37.0 Å². The van der Waals surface area contributed by atoms with E-state index in [9.17, 15) is 4.79 Å². The molecule has 0 N–H and O–H groups in total. The normalized spacial score (nSPS) is 11.1. The smallest absolute Gasteiger partial charge is 0.120 e. The highest BCUT2D eigenvalue weighted by Gasteiger charge is 1.78. The number of aldehydes is 1. The van der Waals surface area contributed by atoms with Crippen LogP contribution in [0.2, 0.25) is 0 Å². The zero-order chi connectivity index (χ0) is 9.78. The van der Waals surface area contributed by atoms with Crippen LogP contribution in [0.25, 0.3) is 0 Å². The molecule has 0 aromatic rings. The Morgan fingerprint density at radius 2 is 1.38 bits per heavy atom. The molecule has 0 aliphatic heterocycles. The minimum absolute atomic E-state index is 0.642. The van der Waals surface area contributed by atoms with Crippen molar-refractivity contribution in [2.45, 2.75) is 32.1 Å². The van der Waals surface area contributed by atoms with Gasteiger partial charge in [-0.25, -0.2) is 0 Å². The third kappa shape index (κ3) is 10.9. The Morgan fingerprint density at radius 1 is 0.846 bits per heavy atom. The fraction of sp³-hybridized carbons (Fsp3) is 0.417. The summed E-state index contributed by atoms with van der Waals surface area (Å²) >= 11 is 0. The molecule has 0 fully saturated rings. The van der Waals surface area contributed by atoms with Crippen molar-refractivity contribution in [2.75, 3.05) is 0 Å². The fourth-order valence-corrected chi connectivity index (χ4v) is 0.903. The van der Waals surface area contributed by atoms with Crippen molar-refractivity contribution >= 4 is 6.29 Å². The van der Waals surface area contributed by atoms with Crippen molar-refractivity contribution in [3.8, 4) is 0 Å². The molecule has 72 valence electrons. The molecule has 0 amide bonds. The molecular weight excluding hydrogens is 160 g/mol. The number of unbranched alkanes of at least 4 members (excludes halogenated alkanes) is 2. The Bertz CT molecular complexity index is 178. The molecule has 0 aromatic heterocycles. The number of carbonyl (C=O) groups excluding carboxylic acids is 1. The lowest BCUT2D eigenvalue weighted by Crippen LogP contribution is -1.71. The average Bonchev–Trinajstić information content (AvgIpc) is 2.16. The second-order valence-corrected chi connectivity index (χ2v) is 2.79. The van der Waals surface area contributed by atoms with E-state index in [2.05, 4.69) is 30.9 Å². The Kier molecular flexibility index (Phi) is 9.96. The monoisotopic (exact) mass is 178 g/mol. The second kappa shape index (κ2) is 10.9. The number of hydrogen-bond acceptors (Lipinski definition) is 1. The van der Waals surface area contributed by atoms with E-state index in [1.165, 1.54) is 0 Å². The maximum absolute atomic E-state index is 9.96. The fourth-order valence-electron chi connectivity index (χ4n) is 0.903. The average molecular weight is 178 g/mol. The molecule has 0 aromatic carbocycles. The molecule has 0 rings (SSSR count). The third-order valence-electron chi connectivity index (χ3n) is 1.59. The summed E-state index contributed by atoms with van der Waals surface area (Å²) in [5, 5.41) is 0. The van der Waals surface area contributed by atoms with Gasteiger partial charge in [0.05, 0.1) is 0 Å². The van der Waals surface area contributed by atoms with Crippen LogP contribution in [0, 0.1) is 0 Å². The van der Waals surface area contributed by atoms with Gasteiger partial charge >= 0.3 is 0 Å². The maximum atomic E-state index is 9.96. The molecule has 1 heteroatoms. The first-order chi connectivity index (χ1) is 6.41. The Labute approximate surface area is 80.8 Å². The highest BCUT2D eigenvalue weighted by Crippen LogP contribution is 1.96. The molecule has 0 radical (unpaired) electrons. The largest absolute Gasteiger partial charge is 0.303 e. The molecule has 0 saturated carbocycles. The second-order valence-electron chi connectivity index (χ2n) is 2.79. The lowest BCUT2D eigenvalue weighted by molar-refractivity contribution is -0.107. The van der Waals surface area contributed by atoms with E-state index in [0.29, 0.717) is 6.42 Å². The van der Waals surface area contributed by atoms with Crippen molar-refractivity contribution in [2.24, 2.45) is 0 Å². The summed E-state index contributed by atoms with van der Waals surface area (Å²) in [4.78, 5) is 9.96. The van der Waals surface area contributed by atoms with Gasteiger partial charge < -0.3 is 4.79 Å². The van der Waals surface area contributed by atoms with Crippen molar-refractivity contribution in [3.63, 3.8) is 0 Å². The molecule has 0 atom stereocenters. The maximum Gasteiger partial charge on any atom is 0.120 e. The lowest BCUT2D eigenvalue weighted by atomic mass is 10.2. The zero-order valence-electron chi connectivity index (χ0n) is 8.11. The van der Waals surface area contributed by atoms with Crippen LogP contribution in [-0.4, -0.2) is 6.29 Å². The van der Waals surface area contributed by atoms with Crippen molar-refractivity contribution in [1.82, 2.24) is 0 Å². The van der Waals surface area contributed by atoms with Crippen LogP contribution in [0.4, 0.5) is 0 Å². The van der Waals surface area contributed by atoms with E-state index in [0.717, 1.165) is 32.0 Å². The first kappa shape index (κ1) is 11.9. The van der Waals surface area contributed by atoms with E-state index < -0.39 is 0 Å². The van der Waals surface area contributed by atoms with Gasteiger partial charge in [-0.15, -0.1) is 6.58 Å². The zero-order valence-corrected chi connectivity index (χ0v) is 8.11. The van der Waals surface area contributed by atoms with Gasteiger partial charge in [0, 0.05) is 6.42 Å². The van der Waals surface area contributed by atoms with Crippen LogP contribution in [0.1, 0.15) is 32.1 Å². The number of rotatable bonds is 8. The van der Waals surface area contributed by atoms with Crippen LogP contribution < -0.4 is 0 Å². The van der Waals surface area contributed by atoms with Gasteiger partial charge in [-0.1, -0.05) is 30.4 Å². The summed E-state index contributed by atoms with van der Waals surface area (Å²) in [6.45, 7) is 3.63. The van der Waals surface area contributed by atoms with E-state index in [1.807, 2.05) is 6.08 Å². The van der Waals surface area contributed by atoms with E-state index in [4.69, 9.17) is 0 Å². The lowest BCUT2D eigenvalue weighted by Gasteiger charge is -1.86. The van der Waals surface area contributed by atoms with Gasteiger partial charge in [-0.05, 0) is 25.7 Å². The number of allylic oxidation sites excluding steroid dienone is 5. The summed E-state index contributed by atoms with van der Waals surface area (Å²) < 4.78 is 0. The van der Waals surface area contributed by atoms with Gasteiger partial charge in [-0.3, -0.25) is 0 Å². The molecule has 0 unspecified atom stereocenters. The predicted molar refractivity (Wildman–Crippen MR) is 57.6 cm³/mol. The topological polar surface area (TPSA) is 17.1 Å². The molecule has 1 nitrogen and oxygen atoms in total. The van der Waals surface area contributed by atoms with Crippen molar-refractivity contribution < 1.29 is 4.79 Å². The van der Waals surface area contributed by atoms with Crippen LogP contribution >= 0.6 is 0 Å². The summed E-state index contributed by atoms with van der Waals surface area (Å²) in [5.74, 6) is 0. The quantitative estimate of drug-likeness (QED) is 0.316. The molecular formula is C12H18O. The first-order valence-electron chi connectivity index (χ1n) is 4.76. The van der Waals surface area contributed by atoms with Crippen LogP contribution in [0.3, 0.4) is 0 Å². The molecule has 13 heavy (non-hydrogen) atoms. The minimum Gasteiger partial charge on any atom is -0.303 e. The Balaban J connectivity index is 3.18. The SMILES string of the molecule is C=CC/C=C\CC/C=C\CCC=O. The predicted octanol–water partition coefficient (Wildman–Crippen LogP) is 3.43. The number of hydrogen-bond donors (Lipinski definition) is 0. The summed E-state index contributed by atoms with van der Waals surface area (Å²) in [5.41, 5.74) is 0. The van der Waals surface area contributed by atoms with Crippen LogP contribution in [0.15, 0.2) is 37.0 Å². The van der Waals surface area contributed by atoms with Gasteiger partial charge in [0.25, 0.3) is 0 Å². The summed E-state index contributed by atoms with van der Waals surface area (Å²) in [6, 6.07) is 0.